The zero-order valence-corrected chi connectivity index (χ0v) is 18.5. The molecule has 0 atom stereocenters. The molecular weight excluding hydrogens is 448 g/mol. The molecule has 0 aliphatic carbocycles. The molecule has 2 aromatic carbocycles. The average Bonchev–Trinajstić information content (AvgIpc) is 2.88. The molecule has 10 heteroatoms. The third-order valence-corrected chi connectivity index (χ3v) is 6.91. The number of carbonyl (C=O) groups is 2. The number of para-hydroxylation sites is 1. The van der Waals surface area contributed by atoms with Crippen molar-refractivity contribution in [3.05, 3.63) is 78.0 Å². The van der Waals surface area contributed by atoms with Crippen LogP contribution in [0.1, 0.15) is 15.9 Å². The molecule has 32 heavy (non-hydrogen) atoms. The molecule has 0 bridgehead atoms. The second-order valence-electron chi connectivity index (χ2n) is 7.11. The number of rotatable bonds is 6. The molecule has 0 saturated heterocycles. The fourth-order valence-corrected chi connectivity index (χ4v) is 4.84. The van der Waals surface area contributed by atoms with Crippen LogP contribution in [0.2, 0.25) is 0 Å². The maximum atomic E-state index is 13.2. The lowest BCUT2D eigenvalue weighted by Gasteiger charge is -2.22. The number of aromatic nitrogens is 1. The van der Waals surface area contributed by atoms with Gasteiger partial charge in [0.25, 0.3) is 5.91 Å². The molecular formula is C22H20N4O4S2. The van der Waals surface area contributed by atoms with Crippen molar-refractivity contribution >= 4 is 39.3 Å². The van der Waals surface area contributed by atoms with E-state index in [2.05, 4.69) is 10.3 Å². The second kappa shape index (κ2) is 9.11. The van der Waals surface area contributed by atoms with E-state index in [1.54, 1.807) is 30.5 Å². The van der Waals surface area contributed by atoms with Gasteiger partial charge in [0.05, 0.1) is 16.1 Å². The number of nitrogens with one attached hydrogen (secondary N) is 1. The van der Waals surface area contributed by atoms with Crippen molar-refractivity contribution in [2.24, 2.45) is 5.14 Å². The predicted octanol–water partition coefficient (Wildman–Crippen LogP) is 2.20. The van der Waals surface area contributed by atoms with E-state index < -0.39 is 10.0 Å². The Balaban J connectivity index is 1.44. The molecule has 0 radical (unpaired) electrons. The molecule has 8 nitrogen and oxygen atoms in total. The summed E-state index contributed by atoms with van der Waals surface area (Å²) >= 11 is 1.40. The number of nitrogens with zero attached hydrogens (tertiary/aromatic N) is 2. The smallest absolute Gasteiger partial charge is 0.261 e. The molecule has 2 heterocycles. The number of carbonyl (C=O) groups excluding carboxylic acids is 2. The van der Waals surface area contributed by atoms with Gasteiger partial charge < -0.3 is 5.32 Å². The predicted molar refractivity (Wildman–Crippen MR) is 121 cm³/mol. The first-order valence-electron chi connectivity index (χ1n) is 9.75. The van der Waals surface area contributed by atoms with Gasteiger partial charge in [-0.15, -0.1) is 0 Å². The number of amides is 2. The van der Waals surface area contributed by atoms with Crippen molar-refractivity contribution in [3.8, 4) is 0 Å². The Labute approximate surface area is 189 Å². The van der Waals surface area contributed by atoms with Crippen molar-refractivity contribution in [3.63, 3.8) is 0 Å². The first-order valence-corrected chi connectivity index (χ1v) is 12.1. The summed E-state index contributed by atoms with van der Waals surface area (Å²) in [7, 11) is -3.74. The molecule has 0 unspecified atom stereocenters. The molecule has 2 amide bonds. The van der Waals surface area contributed by atoms with Crippen LogP contribution in [0.25, 0.3) is 0 Å². The number of hydrogen-bond acceptors (Lipinski definition) is 6. The third kappa shape index (κ3) is 4.82. The fraction of sp³-hybridized carbons (Fsp3) is 0.136. The summed E-state index contributed by atoms with van der Waals surface area (Å²) in [6, 6.07) is 17.0. The van der Waals surface area contributed by atoms with E-state index in [0.29, 0.717) is 29.2 Å². The van der Waals surface area contributed by atoms with E-state index >= 15 is 0 Å². The molecule has 1 aromatic heterocycles. The van der Waals surface area contributed by atoms with Crippen LogP contribution in [0.4, 0.5) is 5.69 Å². The summed E-state index contributed by atoms with van der Waals surface area (Å²) < 4.78 is 22.7. The maximum absolute atomic E-state index is 13.2. The normalized spacial score (nSPS) is 13.2. The zero-order chi connectivity index (χ0) is 22.7. The van der Waals surface area contributed by atoms with Gasteiger partial charge in [0.15, 0.2) is 0 Å². The summed E-state index contributed by atoms with van der Waals surface area (Å²) in [6.07, 6.45) is 2.14. The largest absolute Gasteiger partial charge is 0.354 e. The van der Waals surface area contributed by atoms with E-state index in [0.717, 1.165) is 10.5 Å². The Morgan fingerprint density at radius 1 is 1.06 bits per heavy atom. The molecule has 3 N–H and O–H groups in total. The Hall–Kier alpha value is -3.21. The number of fused-ring (bicyclic) bond motifs is 2. The van der Waals surface area contributed by atoms with Crippen molar-refractivity contribution < 1.29 is 18.0 Å². The lowest BCUT2D eigenvalue weighted by Crippen LogP contribution is -2.41. The highest BCUT2D eigenvalue weighted by molar-refractivity contribution is 7.99. The van der Waals surface area contributed by atoms with E-state index in [1.807, 2.05) is 24.3 Å². The topological polar surface area (TPSA) is 122 Å². The van der Waals surface area contributed by atoms with E-state index in [-0.39, 0.29) is 23.3 Å². The van der Waals surface area contributed by atoms with Gasteiger partial charge in [-0.05, 0) is 48.4 Å². The van der Waals surface area contributed by atoms with Crippen LogP contribution in [0, 0.1) is 0 Å². The standard InChI is InChI=1S/C22H20N4O4S2/c23-32(29,30)16-9-7-15(8-10-16)11-13-24-20(27)14-26-18-5-1-2-6-19(18)31-21-17(22(26)28)4-3-12-25-21/h1-10,12H,11,13-14H2,(H,24,27)(H2,23,29,30). The minimum Gasteiger partial charge on any atom is -0.354 e. The van der Waals surface area contributed by atoms with Crippen molar-refractivity contribution in [2.45, 2.75) is 21.2 Å². The Morgan fingerprint density at radius 3 is 2.56 bits per heavy atom. The van der Waals surface area contributed by atoms with Gasteiger partial charge in [0.1, 0.15) is 11.6 Å². The van der Waals surface area contributed by atoms with E-state index in [4.69, 9.17) is 5.14 Å². The first kappa shape index (κ1) is 22.0. The summed E-state index contributed by atoms with van der Waals surface area (Å²) in [6.45, 7) is 0.208. The number of anilines is 1. The van der Waals surface area contributed by atoms with Gasteiger partial charge in [0.2, 0.25) is 15.9 Å². The van der Waals surface area contributed by atoms with Crippen LogP contribution in [0.5, 0.6) is 0 Å². The monoisotopic (exact) mass is 468 g/mol. The van der Waals surface area contributed by atoms with Gasteiger partial charge in [0, 0.05) is 17.6 Å². The fourth-order valence-electron chi connectivity index (χ4n) is 3.31. The molecule has 1 aliphatic rings. The van der Waals surface area contributed by atoms with E-state index in [9.17, 15) is 18.0 Å². The van der Waals surface area contributed by atoms with Crippen LogP contribution in [-0.4, -0.2) is 38.3 Å². The molecule has 4 rings (SSSR count). The van der Waals surface area contributed by atoms with E-state index in [1.165, 1.54) is 28.8 Å². The van der Waals surface area contributed by atoms with Crippen LogP contribution < -0.4 is 15.4 Å². The SMILES string of the molecule is NS(=O)(=O)c1ccc(CCNC(=O)CN2C(=O)c3cccnc3Sc3ccccc32)cc1. The Bertz CT molecular complexity index is 1280. The number of benzene rings is 2. The number of nitrogens with two attached hydrogens (primary N) is 1. The summed E-state index contributed by atoms with van der Waals surface area (Å²) in [5, 5.41) is 8.53. The summed E-state index contributed by atoms with van der Waals surface area (Å²) in [4.78, 5) is 32.5. The molecule has 0 saturated carbocycles. The summed E-state index contributed by atoms with van der Waals surface area (Å²) in [5.41, 5.74) is 1.97. The number of primary sulfonamides is 1. The van der Waals surface area contributed by atoms with Crippen molar-refractivity contribution in [1.82, 2.24) is 10.3 Å². The first-order chi connectivity index (χ1) is 15.3. The molecule has 164 valence electrons. The van der Waals surface area contributed by atoms with Crippen LogP contribution in [-0.2, 0) is 21.2 Å². The van der Waals surface area contributed by atoms with Crippen molar-refractivity contribution in [2.75, 3.05) is 18.0 Å². The third-order valence-electron chi connectivity index (χ3n) is 4.90. The van der Waals surface area contributed by atoms with Gasteiger partial charge in [-0.25, -0.2) is 18.5 Å². The Kier molecular flexibility index (Phi) is 6.26. The molecule has 3 aromatic rings. The minimum absolute atomic E-state index is 0.0382. The molecule has 1 aliphatic heterocycles. The number of hydrogen-bond donors (Lipinski definition) is 2. The summed E-state index contributed by atoms with van der Waals surface area (Å²) in [5.74, 6) is -0.578. The van der Waals surface area contributed by atoms with Crippen molar-refractivity contribution in [1.29, 1.82) is 0 Å². The molecule has 0 fully saturated rings. The highest BCUT2D eigenvalue weighted by atomic mass is 32.2. The van der Waals surface area contributed by atoms with Crippen LogP contribution in [0.3, 0.4) is 0 Å². The quantitative estimate of drug-likeness (QED) is 0.572. The lowest BCUT2D eigenvalue weighted by atomic mass is 10.1. The Morgan fingerprint density at radius 2 is 1.81 bits per heavy atom. The highest BCUT2D eigenvalue weighted by Gasteiger charge is 2.29. The van der Waals surface area contributed by atoms with Gasteiger partial charge >= 0.3 is 0 Å². The second-order valence-corrected chi connectivity index (χ2v) is 9.70. The van der Waals surface area contributed by atoms with Crippen LogP contribution >= 0.6 is 11.8 Å². The van der Waals surface area contributed by atoms with Gasteiger partial charge in [-0.1, -0.05) is 36.0 Å². The van der Waals surface area contributed by atoms with Gasteiger partial charge in [-0.2, -0.15) is 0 Å². The van der Waals surface area contributed by atoms with Crippen LogP contribution in [0.15, 0.2) is 81.7 Å². The molecule has 0 spiro atoms. The average molecular weight is 469 g/mol. The lowest BCUT2D eigenvalue weighted by molar-refractivity contribution is -0.119. The number of sulfonamides is 1. The highest BCUT2D eigenvalue weighted by Crippen LogP contribution is 2.39. The van der Waals surface area contributed by atoms with Gasteiger partial charge in [-0.3, -0.25) is 14.5 Å². The number of pyridine rings is 1. The zero-order valence-electron chi connectivity index (χ0n) is 16.9. The maximum Gasteiger partial charge on any atom is 0.261 e. The minimum atomic E-state index is -3.74.